The standard InChI is InChI=1S/C13H13NO/c1-2-6-12(7-3-1)14-10-4-8-13-9-5-11-15-13/h1-9,11,14H,10H2/b8-4+. The molecule has 2 aromatic rings. The minimum atomic E-state index is 0.796. The first-order valence-electron chi connectivity index (χ1n) is 4.94. The molecular weight excluding hydrogens is 186 g/mol. The molecule has 2 rings (SSSR count). The first kappa shape index (κ1) is 9.59. The van der Waals surface area contributed by atoms with Crippen LogP contribution in [0.2, 0.25) is 0 Å². The number of benzene rings is 1. The van der Waals surface area contributed by atoms with Crippen LogP contribution in [-0.4, -0.2) is 6.54 Å². The summed E-state index contributed by atoms with van der Waals surface area (Å²) < 4.78 is 5.17. The van der Waals surface area contributed by atoms with Gasteiger partial charge in [-0.2, -0.15) is 0 Å². The zero-order valence-electron chi connectivity index (χ0n) is 8.39. The van der Waals surface area contributed by atoms with Crippen molar-refractivity contribution >= 4 is 11.8 Å². The first-order chi connectivity index (χ1) is 7.45. The lowest BCUT2D eigenvalue weighted by Gasteiger charge is -2.00. The van der Waals surface area contributed by atoms with E-state index in [4.69, 9.17) is 4.42 Å². The average Bonchev–Trinajstić information content (AvgIpc) is 2.79. The Labute approximate surface area is 89.2 Å². The summed E-state index contributed by atoms with van der Waals surface area (Å²) in [5.41, 5.74) is 1.13. The minimum Gasteiger partial charge on any atom is -0.465 e. The van der Waals surface area contributed by atoms with Crippen molar-refractivity contribution in [3.8, 4) is 0 Å². The molecule has 0 aliphatic heterocycles. The van der Waals surface area contributed by atoms with Crippen LogP contribution in [-0.2, 0) is 0 Å². The topological polar surface area (TPSA) is 25.2 Å². The molecule has 1 aromatic heterocycles. The summed E-state index contributed by atoms with van der Waals surface area (Å²) in [5, 5.41) is 3.28. The number of rotatable bonds is 4. The molecule has 2 heteroatoms. The molecule has 0 aliphatic carbocycles. The van der Waals surface area contributed by atoms with Gasteiger partial charge in [-0.05, 0) is 30.3 Å². The SMILES string of the molecule is C(=C\c1ccco1)/CNc1ccccc1. The molecule has 1 heterocycles. The predicted molar refractivity (Wildman–Crippen MR) is 62.7 cm³/mol. The van der Waals surface area contributed by atoms with E-state index in [1.807, 2.05) is 54.6 Å². The second-order valence-corrected chi connectivity index (χ2v) is 3.16. The van der Waals surface area contributed by atoms with Crippen LogP contribution in [0.4, 0.5) is 5.69 Å². The van der Waals surface area contributed by atoms with Crippen LogP contribution in [0.25, 0.3) is 6.08 Å². The molecule has 0 atom stereocenters. The average molecular weight is 199 g/mol. The summed E-state index contributed by atoms with van der Waals surface area (Å²) in [6, 6.07) is 13.9. The third kappa shape index (κ3) is 3.02. The van der Waals surface area contributed by atoms with E-state index in [0.717, 1.165) is 18.0 Å². The van der Waals surface area contributed by atoms with Gasteiger partial charge in [0.2, 0.25) is 0 Å². The number of furan rings is 1. The monoisotopic (exact) mass is 199 g/mol. The van der Waals surface area contributed by atoms with Crippen LogP contribution in [0.3, 0.4) is 0 Å². The van der Waals surface area contributed by atoms with Gasteiger partial charge < -0.3 is 9.73 Å². The van der Waals surface area contributed by atoms with Crippen LogP contribution < -0.4 is 5.32 Å². The summed E-state index contributed by atoms with van der Waals surface area (Å²) in [6.45, 7) is 0.796. The lowest BCUT2D eigenvalue weighted by Crippen LogP contribution is -1.96. The molecule has 0 unspecified atom stereocenters. The Kier molecular flexibility index (Phi) is 3.23. The first-order valence-corrected chi connectivity index (χ1v) is 4.94. The van der Waals surface area contributed by atoms with Gasteiger partial charge in [-0.25, -0.2) is 0 Å². The zero-order chi connectivity index (χ0) is 10.3. The maximum atomic E-state index is 5.17. The summed E-state index contributed by atoms with van der Waals surface area (Å²) in [4.78, 5) is 0. The van der Waals surface area contributed by atoms with Gasteiger partial charge in [0.05, 0.1) is 6.26 Å². The Balaban J connectivity index is 1.80. The van der Waals surface area contributed by atoms with Crippen LogP contribution in [0.5, 0.6) is 0 Å². The molecule has 0 bridgehead atoms. The highest BCUT2D eigenvalue weighted by Gasteiger charge is 1.87. The van der Waals surface area contributed by atoms with Crippen molar-refractivity contribution in [2.45, 2.75) is 0 Å². The third-order valence-electron chi connectivity index (χ3n) is 2.02. The number of anilines is 1. The van der Waals surface area contributed by atoms with E-state index in [2.05, 4.69) is 5.32 Å². The highest BCUT2D eigenvalue weighted by Crippen LogP contribution is 2.05. The van der Waals surface area contributed by atoms with Gasteiger partial charge in [-0.1, -0.05) is 24.3 Å². The highest BCUT2D eigenvalue weighted by atomic mass is 16.3. The Hall–Kier alpha value is -1.96. The second kappa shape index (κ2) is 5.05. The van der Waals surface area contributed by atoms with Crippen LogP contribution >= 0.6 is 0 Å². The van der Waals surface area contributed by atoms with E-state index >= 15 is 0 Å². The van der Waals surface area contributed by atoms with Crippen molar-refractivity contribution in [3.05, 3.63) is 60.6 Å². The van der Waals surface area contributed by atoms with Gasteiger partial charge in [0.15, 0.2) is 0 Å². The molecule has 0 radical (unpaired) electrons. The van der Waals surface area contributed by atoms with E-state index in [-0.39, 0.29) is 0 Å². The fourth-order valence-corrected chi connectivity index (χ4v) is 1.29. The smallest absolute Gasteiger partial charge is 0.126 e. The third-order valence-corrected chi connectivity index (χ3v) is 2.02. The molecule has 0 saturated heterocycles. The van der Waals surface area contributed by atoms with Gasteiger partial charge in [0.25, 0.3) is 0 Å². The van der Waals surface area contributed by atoms with Gasteiger partial charge >= 0.3 is 0 Å². The largest absolute Gasteiger partial charge is 0.465 e. The molecule has 0 fully saturated rings. The molecule has 0 spiro atoms. The fourth-order valence-electron chi connectivity index (χ4n) is 1.29. The summed E-state index contributed by atoms with van der Waals surface area (Å²) in [5.74, 6) is 0.880. The lowest BCUT2D eigenvalue weighted by molar-refractivity contribution is 0.557. The maximum Gasteiger partial charge on any atom is 0.126 e. The van der Waals surface area contributed by atoms with E-state index in [9.17, 15) is 0 Å². The van der Waals surface area contributed by atoms with Crippen molar-refractivity contribution in [1.82, 2.24) is 0 Å². The Morgan fingerprint density at radius 2 is 1.93 bits per heavy atom. The summed E-state index contributed by atoms with van der Waals surface area (Å²) >= 11 is 0. The summed E-state index contributed by atoms with van der Waals surface area (Å²) in [7, 11) is 0. The summed E-state index contributed by atoms with van der Waals surface area (Å²) in [6.07, 6.45) is 5.66. The number of nitrogens with one attached hydrogen (secondary N) is 1. The molecule has 15 heavy (non-hydrogen) atoms. The zero-order valence-corrected chi connectivity index (χ0v) is 8.39. The number of para-hydroxylation sites is 1. The Bertz CT molecular complexity index is 403. The van der Waals surface area contributed by atoms with Gasteiger partial charge in [-0.3, -0.25) is 0 Å². The molecule has 0 saturated carbocycles. The van der Waals surface area contributed by atoms with Crippen molar-refractivity contribution in [1.29, 1.82) is 0 Å². The van der Waals surface area contributed by atoms with E-state index in [1.165, 1.54) is 0 Å². The Morgan fingerprint density at radius 3 is 2.67 bits per heavy atom. The van der Waals surface area contributed by atoms with Gasteiger partial charge in [0, 0.05) is 12.2 Å². The lowest BCUT2D eigenvalue weighted by atomic mass is 10.3. The van der Waals surface area contributed by atoms with Crippen LogP contribution in [0, 0.1) is 0 Å². The van der Waals surface area contributed by atoms with Gasteiger partial charge in [0.1, 0.15) is 5.76 Å². The van der Waals surface area contributed by atoms with Crippen LogP contribution in [0.15, 0.2) is 59.2 Å². The highest BCUT2D eigenvalue weighted by molar-refractivity contribution is 5.46. The maximum absolute atomic E-state index is 5.17. The van der Waals surface area contributed by atoms with Crippen molar-refractivity contribution in [2.75, 3.05) is 11.9 Å². The minimum absolute atomic E-state index is 0.796. The van der Waals surface area contributed by atoms with Crippen molar-refractivity contribution in [3.63, 3.8) is 0 Å². The number of hydrogen-bond donors (Lipinski definition) is 1. The molecular formula is C13H13NO. The quantitative estimate of drug-likeness (QED) is 0.816. The van der Waals surface area contributed by atoms with Gasteiger partial charge in [-0.15, -0.1) is 0 Å². The Morgan fingerprint density at radius 1 is 1.07 bits per heavy atom. The van der Waals surface area contributed by atoms with Crippen molar-refractivity contribution < 1.29 is 4.42 Å². The molecule has 76 valence electrons. The second-order valence-electron chi connectivity index (χ2n) is 3.16. The molecule has 1 N–H and O–H groups in total. The molecule has 2 nitrogen and oxygen atoms in total. The fraction of sp³-hybridized carbons (Fsp3) is 0.0769. The molecule has 0 aliphatic rings. The van der Waals surface area contributed by atoms with Crippen molar-refractivity contribution in [2.24, 2.45) is 0 Å². The number of hydrogen-bond acceptors (Lipinski definition) is 2. The normalized spacial score (nSPS) is 10.7. The van der Waals surface area contributed by atoms with Crippen LogP contribution in [0.1, 0.15) is 5.76 Å². The van der Waals surface area contributed by atoms with E-state index in [1.54, 1.807) is 6.26 Å². The predicted octanol–water partition coefficient (Wildman–Crippen LogP) is 3.40. The van der Waals surface area contributed by atoms with E-state index in [0.29, 0.717) is 0 Å². The molecule has 1 aromatic carbocycles. The molecule has 0 amide bonds. The van der Waals surface area contributed by atoms with E-state index < -0.39 is 0 Å².